The minimum absolute atomic E-state index is 0.782. The van der Waals surface area contributed by atoms with Gasteiger partial charge in [0.1, 0.15) is 11.4 Å². The van der Waals surface area contributed by atoms with Gasteiger partial charge >= 0.3 is 0 Å². The summed E-state index contributed by atoms with van der Waals surface area (Å²) in [5.74, 6) is 0. The number of nitrogens with one attached hydrogen (secondary N) is 1. The number of rotatable bonds is 4. The predicted octanol–water partition coefficient (Wildman–Crippen LogP) is 5.08. The SMILES string of the molecule is CCc1cc(C)nc(-c2ccc(-c3ccc(-c4cc(C)cc(C)n4)[nH]3)nn2)c1. The fourth-order valence-corrected chi connectivity index (χ4v) is 3.36. The highest BCUT2D eigenvalue weighted by molar-refractivity contribution is 5.65. The number of aryl methyl sites for hydroxylation is 4. The summed E-state index contributed by atoms with van der Waals surface area (Å²) in [7, 11) is 0. The summed E-state index contributed by atoms with van der Waals surface area (Å²) < 4.78 is 0. The first-order chi connectivity index (χ1) is 13.5. The number of pyridine rings is 2. The van der Waals surface area contributed by atoms with Gasteiger partial charge in [0.15, 0.2) is 0 Å². The lowest BCUT2D eigenvalue weighted by Crippen LogP contribution is -1.96. The van der Waals surface area contributed by atoms with Crippen molar-refractivity contribution in [2.45, 2.75) is 34.1 Å². The Morgan fingerprint density at radius 3 is 2.00 bits per heavy atom. The number of aromatic nitrogens is 5. The van der Waals surface area contributed by atoms with Crippen molar-refractivity contribution in [3.8, 4) is 34.2 Å². The van der Waals surface area contributed by atoms with E-state index in [0.29, 0.717) is 0 Å². The van der Waals surface area contributed by atoms with Crippen molar-refractivity contribution in [3.63, 3.8) is 0 Å². The molecule has 0 spiro atoms. The van der Waals surface area contributed by atoms with Crippen LogP contribution >= 0.6 is 0 Å². The number of hydrogen-bond acceptors (Lipinski definition) is 4. The molecule has 0 amide bonds. The van der Waals surface area contributed by atoms with E-state index in [2.05, 4.69) is 63.3 Å². The van der Waals surface area contributed by atoms with Crippen molar-refractivity contribution >= 4 is 0 Å². The summed E-state index contributed by atoms with van der Waals surface area (Å²) >= 11 is 0. The average Bonchev–Trinajstić information content (AvgIpc) is 3.17. The lowest BCUT2D eigenvalue weighted by atomic mass is 10.1. The Morgan fingerprint density at radius 1 is 0.679 bits per heavy atom. The van der Waals surface area contributed by atoms with Gasteiger partial charge in [-0.2, -0.15) is 0 Å². The molecule has 4 aromatic heterocycles. The van der Waals surface area contributed by atoms with Gasteiger partial charge < -0.3 is 4.98 Å². The van der Waals surface area contributed by atoms with Gasteiger partial charge in [0.05, 0.1) is 22.8 Å². The zero-order valence-corrected chi connectivity index (χ0v) is 16.6. The van der Waals surface area contributed by atoms with E-state index in [1.54, 1.807) is 0 Å². The zero-order valence-electron chi connectivity index (χ0n) is 16.6. The van der Waals surface area contributed by atoms with Crippen molar-refractivity contribution in [2.75, 3.05) is 0 Å². The second-order valence-corrected chi connectivity index (χ2v) is 7.12. The van der Waals surface area contributed by atoms with Crippen LogP contribution in [0.4, 0.5) is 0 Å². The van der Waals surface area contributed by atoms with Crippen LogP contribution in [0, 0.1) is 20.8 Å². The van der Waals surface area contributed by atoms with Crippen LogP contribution in [-0.4, -0.2) is 25.1 Å². The smallest absolute Gasteiger partial charge is 0.111 e. The molecule has 4 aromatic rings. The molecule has 0 radical (unpaired) electrons. The van der Waals surface area contributed by atoms with Crippen LogP contribution in [0.5, 0.6) is 0 Å². The molecule has 0 aliphatic rings. The first-order valence-electron chi connectivity index (χ1n) is 9.48. The first kappa shape index (κ1) is 18.0. The van der Waals surface area contributed by atoms with Gasteiger partial charge in [-0.15, -0.1) is 10.2 Å². The van der Waals surface area contributed by atoms with Gasteiger partial charge in [-0.1, -0.05) is 6.92 Å². The van der Waals surface area contributed by atoms with E-state index < -0.39 is 0 Å². The van der Waals surface area contributed by atoms with E-state index in [9.17, 15) is 0 Å². The Morgan fingerprint density at radius 2 is 1.32 bits per heavy atom. The van der Waals surface area contributed by atoms with Crippen LogP contribution in [0.3, 0.4) is 0 Å². The molecule has 0 aliphatic carbocycles. The highest BCUT2D eigenvalue weighted by atomic mass is 15.1. The summed E-state index contributed by atoms with van der Waals surface area (Å²) in [6.07, 6.45) is 0.972. The highest BCUT2D eigenvalue weighted by Gasteiger charge is 2.09. The summed E-state index contributed by atoms with van der Waals surface area (Å²) in [6, 6.07) is 16.3. The molecule has 4 rings (SSSR count). The minimum atomic E-state index is 0.782. The lowest BCUT2D eigenvalue weighted by molar-refractivity contribution is 1.02. The third kappa shape index (κ3) is 3.69. The lowest BCUT2D eigenvalue weighted by Gasteiger charge is -2.05. The molecule has 4 heterocycles. The number of aromatic amines is 1. The summed E-state index contributed by atoms with van der Waals surface area (Å²) in [6.45, 7) is 8.23. The maximum atomic E-state index is 4.61. The number of nitrogens with zero attached hydrogens (tertiary/aromatic N) is 4. The standard InChI is InChI=1S/C23H23N5/c1-5-17-12-16(4)25-23(13-17)21-9-8-20(27-28-21)18-6-7-19(26-18)22-11-14(2)10-15(3)24-22/h6-13,26H,5H2,1-4H3. The molecule has 0 aromatic carbocycles. The van der Waals surface area contributed by atoms with E-state index in [4.69, 9.17) is 0 Å². The molecule has 5 nitrogen and oxygen atoms in total. The normalized spacial score (nSPS) is 11.0. The van der Waals surface area contributed by atoms with Crippen LogP contribution in [0.2, 0.25) is 0 Å². The summed E-state index contributed by atoms with van der Waals surface area (Å²) in [5.41, 5.74) is 9.72. The van der Waals surface area contributed by atoms with Gasteiger partial charge in [0, 0.05) is 11.4 Å². The molecular formula is C23H23N5. The first-order valence-corrected chi connectivity index (χ1v) is 9.48. The fourth-order valence-electron chi connectivity index (χ4n) is 3.36. The maximum Gasteiger partial charge on any atom is 0.111 e. The zero-order chi connectivity index (χ0) is 19.7. The monoisotopic (exact) mass is 369 g/mol. The number of H-pyrrole nitrogens is 1. The van der Waals surface area contributed by atoms with Gasteiger partial charge in [-0.3, -0.25) is 9.97 Å². The van der Waals surface area contributed by atoms with E-state index in [1.807, 2.05) is 38.1 Å². The Hall–Kier alpha value is -3.34. The van der Waals surface area contributed by atoms with E-state index in [0.717, 1.165) is 52.0 Å². The molecule has 0 aliphatic heterocycles. The molecule has 140 valence electrons. The molecular weight excluding hydrogens is 346 g/mol. The summed E-state index contributed by atoms with van der Waals surface area (Å²) in [4.78, 5) is 12.6. The van der Waals surface area contributed by atoms with Crippen molar-refractivity contribution in [1.82, 2.24) is 25.1 Å². The third-order valence-electron chi connectivity index (χ3n) is 4.68. The predicted molar refractivity (Wildman–Crippen MR) is 112 cm³/mol. The molecule has 0 fully saturated rings. The molecule has 0 unspecified atom stereocenters. The van der Waals surface area contributed by atoms with Crippen LogP contribution in [0.1, 0.15) is 29.4 Å². The van der Waals surface area contributed by atoms with Crippen molar-refractivity contribution < 1.29 is 0 Å². The minimum Gasteiger partial charge on any atom is -0.352 e. The second-order valence-electron chi connectivity index (χ2n) is 7.12. The molecule has 0 atom stereocenters. The summed E-state index contributed by atoms with van der Waals surface area (Å²) in [5, 5.41) is 8.81. The van der Waals surface area contributed by atoms with Crippen molar-refractivity contribution in [1.29, 1.82) is 0 Å². The average molecular weight is 369 g/mol. The van der Waals surface area contributed by atoms with Crippen LogP contribution in [-0.2, 0) is 6.42 Å². The molecule has 0 saturated carbocycles. The Labute approximate surface area is 164 Å². The quantitative estimate of drug-likeness (QED) is 0.544. The molecule has 0 saturated heterocycles. The van der Waals surface area contributed by atoms with Gasteiger partial charge in [-0.25, -0.2) is 0 Å². The Bertz CT molecular complexity index is 1110. The van der Waals surface area contributed by atoms with Crippen LogP contribution < -0.4 is 0 Å². The van der Waals surface area contributed by atoms with Crippen LogP contribution in [0.15, 0.2) is 48.5 Å². The second kappa shape index (κ2) is 7.35. The maximum absolute atomic E-state index is 4.61. The Kier molecular flexibility index (Phi) is 4.74. The third-order valence-corrected chi connectivity index (χ3v) is 4.68. The highest BCUT2D eigenvalue weighted by Crippen LogP contribution is 2.24. The largest absolute Gasteiger partial charge is 0.352 e. The molecule has 5 heteroatoms. The Balaban J connectivity index is 1.63. The van der Waals surface area contributed by atoms with Crippen molar-refractivity contribution in [3.05, 3.63) is 71.0 Å². The molecule has 28 heavy (non-hydrogen) atoms. The van der Waals surface area contributed by atoms with Crippen molar-refractivity contribution in [2.24, 2.45) is 0 Å². The number of hydrogen-bond donors (Lipinski definition) is 1. The van der Waals surface area contributed by atoms with Gasteiger partial charge in [-0.05, 0) is 86.8 Å². The fraction of sp³-hybridized carbons (Fsp3) is 0.217. The molecule has 0 bridgehead atoms. The topological polar surface area (TPSA) is 67.3 Å². The van der Waals surface area contributed by atoms with Gasteiger partial charge in [0.25, 0.3) is 0 Å². The van der Waals surface area contributed by atoms with E-state index >= 15 is 0 Å². The van der Waals surface area contributed by atoms with E-state index in [-0.39, 0.29) is 0 Å². The van der Waals surface area contributed by atoms with Gasteiger partial charge in [0.2, 0.25) is 0 Å². The van der Waals surface area contributed by atoms with Crippen LogP contribution in [0.25, 0.3) is 34.2 Å². The molecule has 1 N–H and O–H groups in total. The van der Waals surface area contributed by atoms with E-state index in [1.165, 1.54) is 11.1 Å².